The van der Waals surface area contributed by atoms with Crippen molar-refractivity contribution >= 4 is 34.6 Å². The molecule has 0 aliphatic carbocycles. The SMILES string of the molecule is CCn1cc(C(=O)C=Cc2ccco2)c(=O)c2cc(F)c(N3CCN(C(C)=O)CC3)nc21. The molecule has 4 heterocycles. The van der Waals surface area contributed by atoms with Crippen LogP contribution in [0.25, 0.3) is 17.1 Å². The Hall–Kier alpha value is -3.75. The van der Waals surface area contributed by atoms with Gasteiger partial charge in [0.15, 0.2) is 17.4 Å². The van der Waals surface area contributed by atoms with Crippen molar-refractivity contribution in [1.82, 2.24) is 14.5 Å². The molecule has 0 radical (unpaired) electrons. The van der Waals surface area contributed by atoms with Gasteiger partial charge in [-0.25, -0.2) is 9.37 Å². The molecule has 3 aromatic rings. The number of carbonyl (C=O) groups is 2. The first-order valence-corrected chi connectivity index (χ1v) is 10.4. The smallest absolute Gasteiger partial charge is 0.219 e. The zero-order valence-electron chi connectivity index (χ0n) is 17.9. The molecule has 0 unspecified atom stereocenters. The molecular weight excluding hydrogens is 415 g/mol. The van der Waals surface area contributed by atoms with E-state index in [9.17, 15) is 18.8 Å². The fourth-order valence-electron chi connectivity index (χ4n) is 3.78. The minimum absolute atomic E-state index is 0.0188. The molecule has 8 nitrogen and oxygen atoms in total. The minimum atomic E-state index is -0.635. The summed E-state index contributed by atoms with van der Waals surface area (Å²) in [6, 6.07) is 4.53. The molecule has 0 aromatic carbocycles. The first kappa shape index (κ1) is 21.5. The third-order valence-electron chi connectivity index (χ3n) is 5.56. The molecule has 9 heteroatoms. The zero-order valence-corrected chi connectivity index (χ0v) is 17.9. The van der Waals surface area contributed by atoms with Crippen molar-refractivity contribution < 1.29 is 18.4 Å². The number of aromatic nitrogens is 2. The number of hydrogen-bond donors (Lipinski definition) is 0. The fourth-order valence-corrected chi connectivity index (χ4v) is 3.78. The van der Waals surface area contributed by atoms with Crippen LogP contribution in [0.5, 0.6) is 0 Å². The predicted molar refractivity (Wildman–Crippen MR) is 118 cm³/mol. The van der Waals surface area contributed by atoms with Gasteiger partial charge in [-0.3, -0.25) is 14.4 Å². The van der Waals surface area contributed by atoms with Gasteiger partial charge in [0.1, 0.15) is 11.4 Å². The number of aryl methyl sites for hydroxylation is 1. The highest BCUT2D eigenvalue weighted by Gasteiger charge is 2.24. The summed E-state index contributed by atoms with van der Waals surface area (Å²) in [5, 5.41) is 0.0488. The summed E-state index contributed by atoms with van der Waals surface area (Å²) in [4.78, 5) is 45.1. The molecular formula is C23H23FN4O4. The number of pyridine rings is 2. The van der Waals surface area contributed by atoms with E-state index in [4.69, 9.17) is 4.42 Å². The number of nitrogens with zero attached hydrogens (tertiary/aromatic N) is 4. The number of amides is 1. The van der Waals surface area contributed by atoms with Gasteiger partial charge in [-0.15, -0.1) is 0 Å². The molecule has 0 saturated carbocycles. The molecule has 32 heavy (non-hydrogen) atoms. The minimum Gasteiger partial charge on any atom is -0.465 e. The van der Waals surface area contributed by atoms with E-state index in [2.05, 4.69) is 4.98 Å². The number of ketones is 1. The molecule has 3 aromatic heterocycles. The van der Waals surface area contributed by atoms with E-state index >= 15 is 0 Å². The Morgan fingerprint density at radius 3 is 2.62 bits per heavy atom. The second-order valence-electron chi connectivity index (χ2n) is 7.53. The van der Waals surface area contributed by atoms with Gasteiger partial charge in [-0.1, -0.05) is 0 Å². The predicted octanol–water partition coefficient (Wildman–Crippen LogP) is 2.71. The Morgan fingerprint density at radius 1 is 1.25 bits per heavy atom. The van der Waals surface area contributed by atoms with Crippen molar-refractivity contribution in [2.24, 2.45) is 0 Å². The molecule has 1 amide bonds. The van der Waals surface area contributed by atoms with E-state index in [0.717, 1.165) is 6.07 Å². The lowest BCUT2D eigenvalue weighted by atomic mass is 10.1. The Bertz CT molecular complexity index is 1260. The lowest BCUT2D eigenvalue weighted by Gasteiger charge is -2.35. The van der Waals surface area contributed by atoms with Gasteiger partial charge in [-0.2, -0.15) is 0 Å². The monoisotopic (exact) mass is 438 g/mol. The number of furan rings is 1. The maximum atomic E-state index is 15.0. The maximum Gasteiger partial charge on any atom is 0.219 e. The highest BCUT2D eigenvalue weighted by Crippen LogP contribution is 2.23. The van der Waals surface area contributed by atoms with Crippen LogP contribution in [0.1, 0.15) is 30.0 Å². The van der Waals surface area contributed by atoms with Gasteiger partial charge in [0.2, 0.25) is 11.3 Å². The summed E-state index contributed by atoms with van der Waals surface area (Å²) in [6.07, 6.45) is 5.68. The summed E-state index contributed by atoms with van der Waals surface area (Å²) in [5.74, 6) is -0.532. The van der Waals surface area contributed by atoms with Crippen LogP contribution in [0.4, 0.5) is 10.2 Å². The lowest BCUT2D eigenvalue weighted by Crippen LogP contribution is -2.48. The first-order chi connectivity index (χ1) is 15.4. The van der Waals surface area contributed by atoms with Crippen LogP contribution in [0.3, 0.4) is 0 Å². The number of fused-ring (bicyclic) bond motifs is 1. The Balaban J connectivity index is 1.71. The topological polar surface area (TPSA) is 88.7 Å². The Labute approximate surface area is 183 Å². The molecule has 4 rings (SSSR count). The first-order valence-electron chi connectivity index (χ1n) is 10.4. The number of piperazine rings is 1. The molecule has 166 valence electrons. The number of allylic oxidation sites excluding steroid dienone is 1. The molecule has 1 aliphatic rings. The van der Waals surface area contributed by atoms with E-state index in [0.29, 0.717) is 44.1 Å². The van der Waals surface area contributed by atoms with E-state index < -0.39 is 17.0 Å². The second-order valence-corrected chi connectivity index (χ2v) is 7.53. The van der Waals surface area contributed by atoms with E-state index in [1.807, 2.05) is 6.92 Å². The molecule has 1 fully saturated rings. The van der Waals surface area contributed by atoms with Gasteiger partial charge in [-0.05, 0) is 37.3 Å². The van der Waals surface area contributed by atoms with E-state index in [-0.39, 0.29) is 22.7 Å². The van der Waals surface area contributed by atoms with Crippen LogP contribution >= 0.6 is 0 Å². The van der Waals surface area contributed by atoms with Crippen molar-refractivity contribution in [2.75, 3.05) is 31.1 Å². The fraction of sp³-hybridized carbons (Fsp3) is 0.304. The maximum absolute atomic E-state index is 15.0. The Kier molecular flexibility index (Phi) is 5.89. The van der Waals surface area contributed by atoms with Gasteiger partial charge in [0, 0.05) is 45.8 Å². The highest BCUT2D eigenvalue weighted by molar-refractivity contribution is 6.07. The number of hydrogen-bond acceptors (Lipinski definition) is 6. The van der Waals surface area contributed by atoms with Gasteiger partial charge >= 0.3 is 0 Å². The van der Waals surface area contributed by atoms with Crippen molar-refractivity contribution in [3.05, 3.63) is 64.1 Å². The number of carbonyl (C=O) groups excluding carboxylic acids is 2. The van der Waals surface area contributed by atoms with Crippen LogP contribution in [-0.4, -0.2) is 52.3 Å². The van der Waals surface area contributed by atoms with Crippen LogP contribution in [0.2, 0.25) is 0 Å². The van der Waals surface area contributed by atoms with Gasteiger partial charge in [0.25, 0.3) is 0 Å². The number of halogens is 1. The van der Waals surface area contributed by atoms with Crippen molar-refractivity contribution in [3.8, 4) is 0 Å². The van der Waals surface area contributed by atoms with Crippen LogP contribution in [-0.2, 0) is 11.3 Å². The van der Waals surface area contributed by atoms with Crippen molar-refractivity contribution in [2.45, 2.75) is 20.4 Å². The lowest BCUT2D eigenvalue weighted by molar-refractivity contribution is -0.129. The van der Waals surface area contributed by atoms with Crippen LogP contribution in [0.15, 0.2) is 45.9 Å². The number of rotatable bonds is 5. The summed E-state index contributed by atoms with van der Waals surface area (Å²) in [7, 11) is 0. The van der Waals surface area contributed by atoms with E-state index in [1.165, 1.54) is 31.5 Å². The summed E-state index contributed by atoms with van der Waals surface area (Å²) < 4.78 is 21.8. The normalized spacial score (nSPS) is 14.5. The largest absolute Gasteiger partial charge is 0.465 e. The highest BCUT2D eigenvalue weighted by atomic mass is 19.1. The Morgan fingerprint density at radius 2 is 2.00 bits per heavy atom. The average molecular weight is 438 g/mol. The van der Waals surface area contributed by atoms with Crippen LogP contribution < -0.4 is 10.3 Å². The van der Waals surface area contributed by atoms with Gasteiger partial charge < -0.3 is 18.8 Å². The molecule has 0 atom stereocenters. The zero-order chi connectivity index (χ0) is 22.8. The average Bonchev–Trinajstić information content (AvgIpc) is 3.31. The quantitative estimate of drug-likeness (QED) is 0.450. The van der Waals surface area contributed by atoms with Crippen molar-refractivity contribution in [3.63, 3.8) is 0 Å². The second kappa shape index (κ2) is 8.78. The summed E-state index contributed by atoms with van der Waals surface area (Å²) >= 11 is 0. The van der Waals surface area contributed by atoms with E-state index in [1.54, 1.807) is 26.5 Å². The standard InChI is InChI=1S/C23H23FN4O4/c1-3-26-14-18(20(30)7-6-16-5-4-12-32-16)21(31)17-13-19(24)23(25-22(17)26)28-10-8-27(9-11-28)15(2)29/h4-7,12-14H,3,8-11H2,1-2H3. The van der Waals surface area contributed by atoms with Crippen LogP contribution in [0, 0.1) is 5.82 Å². The molecule has 0 spiro atoms. The third kappa shape index (κ3) is 4.05. The molecule has 1 aliphatic heterocycles. The third-order valence-corrected chi connectivity index (χ3v) is 5.56. The number of anilines is 1. The molecule has 1 saturated heterocycles. The molecule has 0 N–H and O–H groups in total. The molecule has 0 bridgehead atoms. The summed E-state index contributed by atoms with van der Waals surface area (Å²) in [6.45, 7) is 5.64. The van der Waals surface area contributed by atoms with Crippen molar-refractivity contribution in [1.29, 1.82) is 0 Å². The van der Waals surface area contributed by atoms with Gasteiger partial charge in [0.05, 0.1) is 17.2 Å². The summed E-state index contributed by atoms with van der Waals surface area (Å²) in [5.41, 5.74) is -0.321.